The molecule has 0 bridgehead atoms. The smallest absolute Gasteiger partial charge is 0.180 e. The van der Waals surface area contributed by atoms with Crippen molar-refractivity contribution in [2.45, 2.75) is 6.61 Å². The lowest BCUT2D eigenvalue weighted by atomic mass is 10.2. The maximum atomic E-state index is 6.42. The number of aliphatic imine (C=N–C) groups is 1. The summed E-state index contributed by atoms with van der Waals surface area (Å²) in [7, 11) is 3.19. The molecule has 0 radical (unpaired) electrons. The quantitative estimate of drug-likeness (QED) is 0.422. The standard InChI is InChI=1S/C22H19Cl2NO3/c1-26-18-9-7-17(8-10-18)25-13-15-11-20(24)22(21(12-15)27-2)28-14-16-5-3-4-6-19(16)23/h3-13H,14H2,1-2H3. The van der Waals surface area contributed by atoms with Crippen LogP contribution in [0.3, 0.4) is 0 Å². The van der Waals surface area contributed by atoms with E-state index >= 15 is 0 Å². The molecule has 0 atom stereocenters. The summed E-state index contributed by atoms with van der Waals surface area (Å²) < 4.78 is 16.5. The molecule has 0 fully saturated rings. The van der Waals surface area contributed by atoms with Crippen LogP contribution < -0.4 is 14.2 Å². The van der Waals surface area contributed by atoms with Gasteiger partial charge in [0.1, 0.15) is 12.4 Å². The lowest BCUT2D eigenvalue weighted by Gasteiger charge is -2.14. The summed E-state index contributed by atoms with van der Waals surface area (Å²) in [5, 5.41) is 1.07. The zero-order valence-corrected chi connectivity index (χ0v) is 17.0. The van der Waals surface area contributed by atoms with E-state index in [1.54, 1.807) is 26.5 Å². The fourth-order valence-electron chi connectivity index (χ4n) is 2.54. The molecule has 0 aliphatic carbocycles. The first-order valence-electron chi connectivity index (χ1n) is 8.52. The van der Waals surface area contributed by atoms with Gasteiger partial charge in [-0.15, -0.1) is 0 Å². The molecule has 0 aliphatic heterocycles. The van der Waals surface area contributed by atoms with Gasteiger partial charge in [0.2, 0.25) is 0 Å². The summed E-state index contributed by atoms with van der Waals surface area (Å²) in [6.07, 6.45) is 1.72. The lowest BCUT2D eigenvalue weighted by molar-refractivity contribution is 0.285. The molecule has 3 rings (SSSR count). The monoisotopic (exact) mass is 415 g/mol. The molecule has 144 valence electrons. The molecule has 28 heavy (non-hydrogen) atoms. The average molecular weight is 416 g/mol. The predicted octanol–water partition coefficient (Wildman–Crippen LogP) is 6.34. The Morgan fingerprint density at radius 2 is 1.64 bits per heavy atom. The first-order chi connectivity index (χ1) is 13.6. The fourth-order valence-corrected chi connectivity index (χ4v) is 3.00. The van der Waals surface area contributed by atoms with Gasteiger partial charge in [0, 0.05) is 16.8 Å². The highest BCUT2D eigenvalue weighted by atomic mass is 35.5. The van der Waals surface area contributed by atoms with Crippen LogP contribution in [0, 0.1) is 0 Å². The lowest BCUT2D eigenvalue weighted by Crippen LogP contribution is -2.00. The SMILES string of the molecule is COc1ccc(N=Cc2cc(Cl)c(OCc3ccccc3Cl)c(OC)c2)cc1. The fraction of sp³-hybridized carbons (Fsp3) is 0.136. The Morgan fingerprint density at radius 3 is 2.32 bits per heavy atom. The van der Waals surface area contributed by atoms with E-state index in [1.165, 1.54) is 0 Å². The summed E-state index contributed by atoms with van der Waals surface area (Å²) in [6.45, 7) is 0.287. The Morgan fingerprint density at radius 1 is 0.893 bits per heavy atom. The van der Waals surface area contributed by atoms with E-state index < -0.39 is 0 Å². The van der Waals surface area contributed by atoms with Crippen molar-refractivity contribution in [3.05, 3.63) is 81.8 Å². The number of halogens is 2. The third kappa shape index (κ3) is 4.97. The van der Waals surface area contributed by atoms with Crippen LogP contribution in [0.25, 0.3) is 0 Å². The molecule has 0 saturated heterocycles. The minimum Gasteiger partial charge on any atom is -0.497 e. The van der Waals surface area contributed by atoms with Gasteiger partial charge in [-0.3, -0.25) is 4.99 Å². The number of nitrogens with zero attached hydrogens (tertiary/aromatic N) is 1. The van der Waals surface area contributed by atoms with Crippen molar-refractivity contribution in [1.82, 2.24) is 0 Å². The largest absolute Gasteiger partial charge is 0.497 e. The number of methoxy groups -OCH3 is 2. The minimum atomic E-state index is 0.287. The molecule has 4 nitrogen and oxygen atoms in total. The van der Waals surface area contributed by atoms with E-state index in [0.29, 0.717) is 21.5 Å². The molecular formula is C22H19Cl2NO3. The van der Waals surface area contributed by atoms with Crippen LogP contribution in [0.1, 0.15) is 11.1 Å². The molecule has 0 spiro atoms. The van der Waals surface area contributed by atoms with Crippen LogP contribution in [0.2, 0.25) is 10.0 Å². The van der Waals surface area contributed by atoms with E-state index in [9.17, 15) is 0 Å². The van der Waals surface area contributed by atoms with Gasteiger partial charge in [-0.2, -0.15) is 0 Å². The zero-order chi connectivity index (χ0) is 19.9. The van der Waals surface area contributed by atoms with E-state index in [4.69, 9.17) is 37.4 Å². The molecule has 0 amide bonds. The highest BCUT2D eigenvalue weighted by Crippen LogP contribution is 2.37. The van der Waals surface area contributed by atoms with Gasteiger partial charge < -0.3 is 14.2 Å². The second-order valence-corrected chi connectivity index (χ2v) is 6.68. The highest BCUT2D eigenvalue weighted by Gasteiger charge is 2.12. The van der Waals surface area contributed by atoms with Gasteiger partial charge in [0.05, 0.1) is 24.9 Å². The minimum absolute atomic E-state index is 0.287. The van der Waals surface area contributed by atoms with E-state index in [2.05, 4.69) is 4.99 Å². The Labute approximate surface area is 174 Å². The Hall–Kier alpha value is -2.69. The molecule has 3 aromatic carbocycles. The summed E-state index contributed by atoms with van der Waals surface area (Å²) >= 11 is 12.6. The van der Waals surface area contributed by atoms with Crippen LogP contribution >= 0.6 is 23.2 Å². The summed E-state index contributed by atoms with van der Waals surface area (Å²) in [4.78, 5) is 4.45. The first-order valence-corrected chi connectivity index (χ1v) is 9.28. The molecule has 0 heterocycles. The van der Waals surface area contributed by atoms with Crippen LogP contribution in [0.15, 0.2) is 65.7 Å². The second kappa shape index (κ2) is 9.49. The number of hydrogen-bond acceptors (Lipinski definition) is 4. The number of benzene rings is 3. The van der Waals surface area contributed by atoms with Crippen molar-refractivity contribution in [2.75, 3.05) is 14.2 Å². The summed E-state index contributed by atoms with van der Waals surface area (Å²) in [6, 6.07) is 18.5. The zero-order valence-electron chi connectivity index (χ0n) is 15.5. The molecule has 0 aliphatic rings. The molecule has 0 saturated carbocycles. The van der Waals surface area contributed by atoms with Gasteiger partial charge in [-0.25, -0.2) is 0 Å². The molecule has 3 aromatic rings. The molecule has 0 N–H and O–H groups in total. The second-order valence-electron chi connectivity index (χ2n) is 5.87. The van der Waals surface area contributed by atoms with Crippen LogP contribution in [-0.4, -0.2) is 20.4 Å². The van der Waals surface area contributed by atoms with Crippen molar-refractivity contribution in [3.63, 3.8) is 0 Å². The number of ether oxygens (including phenoxy) is 3. The average Bonchev–Trinajstić information content (AvgIpc) is 2.72. The topological polar surface area (TPSA) is 40.0 Å². The summed E-state index contributed by atoms with van der Waals surface area (Å²) in [5.74, 6) is 1.77. The van der Waals surface area contributed by atoms with Gasteiger partial charge in [-0.1, -0.05) is 41.4 Å². The van der Waals surface area contributed by atoms with Crippen molar-refractivity contribution < 1.29 is 14.2 Å². The normalized spacial score (nSPS) is 10.9. The molecule has 0 unspecified atom stereocenters. The predicted molar refractivity (Wildman–Crippen MR) is 114 cm³/mol. The van der Waals surface area contributed by atoms with Crippen molar-refractivity contribution in [3.8, 4) is 17.2 Å². The van der Waals surface area contributed by atoms with Crippen LogP contribution in [-0.2, 0) is 6.61 Å². The maximum Gasteiger partial charge on any atom is 0.180 e. The van der Waals surface area contributed by atoms with E-state index in [1.807, 2.05) is 54.6 Å². The first kappa shape index (κ1) is 20.1. The molecular weight excluding hydrogens is 397 g/mol. The molecule has 6 heteroatoms. The third-order valence-electron chi connectivity index (χ3n) is 4.02. The van der Waals surface area contributed by atoms with Gasteiger partial charge >= 0.3 is 0 Å². The number of rotatable bonds is 7. The third-order valence-corrected chi connectivity index (χ3v) is 4.67. The van der Waals surface area contributed by atoms with Crippen LogP contribution in [0.4, 0.5) is 5.69 Å². The van der Waals surface area contributed by atoms with Crippen LogP contribution in [0.5, 0.6) is 17.2 Å². The van der Waals surface area contributed by atoms with E-state index in [0.717, 1.165) is 22.6 Å². The Kier molecular flexibility index (Phi) is 6.80. The van der Waals surface area contributed by atoms with Gasteiger partial charge in [-0.05, 0) is 48.0 Å². The molecule has 0 aromatic heterocycles. The van der Waals surface area contributed by atoms with Gasteiger partial charge in [0.25, 0.3) is 0 Å². The maximum absolute atomic E-state index is 6.42. The van der Waals surface area contributed by atoms with Crippen molar-refractivity contribution in [1.29, 1.82) is 0 Å². The Balaban J connectivity index is 1.78. The van der Waals surface area contributed by atoms with E-state index in [-0.39, 0.29) is 6.61 Å². The summed E-state index contributed by atoms with van der Waals surface area (Å²) in [5.41, 5.74) is 2.46. The van der Waals surface area contributed by atoms with Crippen molar-refractivity contribution >= 4 is 35.1 Å². The Bertz CT molecular complexity index is 972. The number of hydrogen-bond donors (Lipinski definition) is 0. The van der Waals surface area contributed by atoms with Crippen molar-refractivity contribution in [2.24, 2.45) is 4.99 Å². The van der Waals surface area contributed by atoms with Gasteiger partial charge in [0.15, 0.2) is 11.5 Å². The highest BCUT2D eigenvalue weighted by molar-refractivity contribution is 6.32.